The Morgan fingerprint density at radius 2 is 1.10 bits per heavy atom. The molecule has 1 heterocycles. The van der Waals surface area contributed by atoms with Crippen molar-refractivity contribution in [3.63, 3.8) is 0 Å². The summed E-state index contributed by atoms with van der Waals surface area (Å²) in [4.78, 5) is 0. The monoisotopic (exact) mass is 502 g/mol. The topological polar surface area (TPSA) is 51.2 Å². The summed E-state index contributed by atoms with van der Waals surface area (Å²) in [6.45, 7) is 0. The first-order chi connectivity index (χ1) is 19.2. The average molecular weight is 503 g/mol. The van der Waals surface area contributed by atoms with Crippen molar-refractivity contribution in [3.8, 4) is 44.8 Å². The molecule has 7 aromatic rings. The second-order valence-corrected chi connectivity index (χ2v) is 9.82. The van der Waals surface area contributed by atoms with E-state index < -0.39 is 0 Å². The van der Waals surface area contributed by atoms with E-state index in [9.17, 15) is 5.11 Å². The Labute approximate surface area is 227 Å². The molecule has 0 aliphatic heterocycles. The molecular formula is C36H26N2O. The molecule has 186 valence electrons. The normalized spacial score (nSPS) is 11.3. The SMILES string of the molecule is Nc1c(O)cc(-c2cccc(-c3ccccc3)c2)cc1-c1ccc2c(c1)c1ccccc1n2-c1ccccc1. The lowest BCUT2D eigenvalue weighted by Gasteiger charge is -2.13. The number of anilines is 1. The third-order valence-electron chi connectivity index (χ3n) is 7.46. The number of rotatable bonds is 4. The molecule has 0 radical (unpaired) electrons. The molecule has 6 aromatic carbocycles. The van der Waals surface area contributed by atoms with Crippen molar-refractivity contribution in [2.24, 2.45) is 0 Å². The van der Waals surface area contributed by atoms with E-state index in [1.54, 1.807) is 6.07 Å². The van der Waals surface area contributed by atoms with Gasteiger partial charge in [0.25, 0.3) is 0 Å². The lowest BCUT2D eigenvalue weighted by atomic mass is 9.94. The van der Waals surface area contributed by atoms with Crippen LogP contribution in [-0.4, -0.2) is 9.67 Å². The summed E-state index contributed by atoms with van der Waals surface area (Å²) >= 11 is 0. The number of nitrogens with two attached hydrogens (primary N) is 1. The maximum Gasteiger partial charge on any atom is 0.139 e. The fourth-order valence-corrected chi connectivity index (χ4v) is 5.55. The van der Waals surface area contributed by atoms with Gasteiger partial charge in [-0.1, -0.05) is 91.0 Å². The molecule has 7 rings (SSSR count). The number of para-hydroxylation sites is 2. The van der Waals surface area contributed by atoms with Crippen LogP contribution in [0.5, 0.6) is 5.75 Å². The van der Waals surface area contributed by atoms with Crippen LogP contribution < -0.4 is 5.73 Å². The summed E-state index contributed by atoms with van der Waals surface area (Å²) in [7, 11) is 0. The minimum absolute atomic E-state index is 0.0828. The number of fused-ring (bicyclic) bond motifs is 3. The van der Waals surface area contributed by atoms with Crippen molar-refractivity contribution in [1.29, 1.82) is 0 Å². The molecule has 39 heavy (non-hydrogen) atoms. The molecule has 0 aliphatic carbocycles. The number of nitrogens with zero attached hydrogens (tertiary/aromatic N) is 1. The van der Waals surface area contributed by atoms with E-state index in [0.717, 1.165) is 55.5 Å². The first-order valence-electron chi connectivity index (χ1n) is 13.0. The summed E-state index contributed by atoms with van der Waals surface area (Å²) in [6.07, 6.45) is 0. The first kappa shape index (κ1) is 22.9. The minimum Gasteiger partial charge on any atom is -0.506 e. The molecule has 3 heteroatoms. The third kappa shape index (κ3) is 3.92. The Kier molecular flexibility index (Phi) is 5.42. The molecule has 0 amide bonds. The number of benzene rings is 6. The van der Waals surface area contributed by atoms with Gasteiger partial charge in [0.2, 0.25) is 0 Å². The van der Waals surface area contributed by atoms with Crippen LogP contribution in [0, 0.1) is 0 Å². The van der Waals surface area contributed by atoms with Crippen molar-refractivity contribution in [2.45, 2.75) is 0 Å². The van der Waals surface area contributed by atoms with Crippen LogP contribution in [0.25, 0.3) is 60.9 Å². The van der Waals surface area contributed by atoms with Gasteiger partial charge in [0.1, 0.15) is 5.75 Å². The Bertz CT molecular complexity index is 1970. The zero-order valence-electron chi connectivity index (χ0n) is 21.3. The Hall–Kier alpha value is -5.28. The number of phenolic OH excluding ortho intramolecular Hbond substituents is 1. The van der Waals surface area contributed by atoms with Gasteiger partial charge >= 0.3 is 0 Å². The van der Waals surface area contributed by atoms with Crippen molar-refractivity contribution >= 4 is 27.5 Å². The summed E-state index contributed by atoms with van der Waals surface area (Å²) in [5.74, 6) is 0.0828. The summed E-state index contributed by atoms with van der Waals surface area (Å²) in [5.41, 5.74) is 16.3. The maximum absolute atomic E-state index is 10.9. The number of hydrogen-bond donors (Lipinski definition) is 2. The molecule has 0 bridgehead atoms. The first-order valence-corrected chi connectivity index (χ1v) is 13.0. The highest BCUT2D eigenvalue weighted by Gasteiger charge is 2.16. The smallest absolute Gasteiger partial charge is 0.139 e. The van der Waals surface area contributed by atoms with Crippen LogP contribution in [-0.2, 0) is 0 Å². The molecular weight excluding hydrogens is 476 g/mol. The van der Waals surface area contributed by atoms with Crippen molar-refractivity contribution < 1.29 is 5.11 Å². The molecule has 3 N–H and O–H groups in total. The highest BCUT2D eigenvalue weighted by atomic mass is 16.3. The van der Waals surface area contributed by atoms with Gasteiger partial charge in [0.05, 0.1) is 16.7 Å². The number of aromatic nitrogens is 1. The molecule has 0 spiro atoms. The number of phenols is 1. The van der Waals surface area contributed by atoms with E-state index in [4.69, 9.17) is 5.73 Å². The zero-order valence-corrected chi connectivity index (χ0v) is 21.3. The molecule has 1 aromatic heterocycles. The van der Waals surface area contributed by atoms with E-state index in [-0.39, 0.29) is 5.75 Å². The van der Waals surface area contributed by atoms with Gasteiger partial charge in [-0.05, 0) is 76.3 Å². The molecule has 3 nitrogen and oxygen atoms in total. The van der Waals surface area contributed by atoms with E-state index >= 15 is 0 Å². The molecule has 0 saturated heterocycles. The van der Waals surface area contributed by atoms with E-state index in [1.165, 1.54) is 5.39 Å². The minimum atomic E-state index is 0.0828. The second kappa shape index (κ2) is 9.23. The lowest BCUT2D eigenvalue weighted by Crippen LogP contribution is -1.94. The molecule has 0 aliphatic rings. The standard InChI is InChI=1S/C36H26N2O/c37-36-31(22-28(23-35(36)39)26-13-9-12-25(20-26)24-10-3-1-4-11-24)27-18-19-34-32(21-27)30-16-7-8-17-33(30)38(34)29-14-5-2-6-15-29/h1-23,39H,37H2. The lowest BCUT2D eigenvalue weighted by molar-refractivity contribution is 0.478. The van der Waals surface area contributed by atoms with Crippen LogP contribution in [0.3, 0.4) is 0 Å². The van der Waals surface area contributed by atoms with Crippen molar-refractivity contribution in [3.05, 3.63) is 140 Å². The van der Waals surface area contributed by atoms with Crippen LogP contribution in [0.1, 0.15) is 0 Å². The average Bonchev–Trinajstić information content (AvgIpc) is 3.33. The Morgan fingerprint density at radius 1 is 0.462 bits per heavy atom. The highest BCUT2D eigenvalue weighted by Crippen LogP contribution is 2.41. The van der Waals surface area contributed by atoms with Gasteiger partial charge in [-0.3, -0.25) is 0 Å². The number of hydrogen-bond acceptors (Lipinski definition) is 2. The molecule has 0 saturated carbocycles. The molecule has 0 fully saturated rings. The maximum atomic E-state index is 10.9. The summed E-state index contributed by atoms with van der Waals surface area (Å²) in [6, 6.07) is 47.8. The van der Waals surface area contributed by atoms with Crippen LogP contribution >= 0.6 is 0 Å². The van der Waals surface area contributed by atoms with E-state index in [2.05, 4.69) is 114 Å². The Morgan fingerprint density at radius 3 is 1.90 bits per heavy atom. The predicted molar refractivity (Wildman–Crippen MR) is 163 cm³/mol. The van der Waals surface area contributed by atoms with E-state index in [0.29, 0.717) is 5.69 Å². The van der Waals surface area contributed by atoms with Crippen LogP contribution in [0.15, 0.2) is 140 Å². The second-order valence-electron chi connectivity index (χ2n) is 9.82. The summed E-state index contributed by atoms with van der Waals surface area (Å²) in [5, 5.41) is 13.2. The Balaban J connectivity index is 1.40. The predicted octanol–water partition coefficient (Wildman–Crippen LogP) is 9.07. The number of nitrogen functional groups attached to an aromatic ring is 1. The van der Waals surface area contributed by atoms with Gasteiger partial charge in [-0.2, -0.15) is 0 Å². The van der Waals surface area contributed by atoms with Crippen LogP contribution in [0.2, 0.25) is 0 Å². The highest BCUT2D eigenvalue weighted by molar-refractivity contribution is 6.10. The van der Waals surface area contributed by atoms with Crippen molar-refractivity contribution in [2.75, 3.05) is 5.73 Å². The third-order valence-corrected chi connectivity index (χ3v) is 7.46. The van der Waals surface area contributed by atoms with Gasteiger partial charge in [-0.25, -0.2) is 0 Å². The van der Waals surface area contributed by atoms with Crippen molar-refractivity contribution in [1.82, 2.24) is 4.57 Å². The number of aromatic hydroxyl groups is 1. The van der Waals surface area contributed by atoms with E-state index in [1.807, 2.05) is 24.3 Å². The van der Waals surface area contributed by atoms with Crippen LogP contribution in [0.4, 0.5) is 5.69 Å². The fourth-order valence-electron chi connectivity index (χ4n) is 5.55. The largest absolute Gasteiger partial charge is 0.506 e. The fraction of sp³-hybridized carbons (Fsp3) is 0. The molecule has 0 unspecified atom stereocenters. The van der Waals surface area contributed by atoms with Gasteiger partial charge in [0.15, 0.2) is 0 Å². The molecule has 0 atom stereocenters. The summed E-state index contributed by atoms with van der Waals surface area (Å²) < 4.78 is 2.29. The van der Waals surface area contributed by atoms with Gasteiger partial charge < -0.3 is 15.4 Å². The van der Waals surface area contributed by atoms with Gasteiger partial charge in [-0.15, -0.1) is 0 Å². The van der Waals surface area contributed by atoms with Gasteiger partial charge in [0, 0.05) is 22.0 Å². The zero-order chi connectivity index (χ0) is 26.3. The quantitative estimate of drug-likeness (QED) is 0.186.